The van der Waals surface area contributed by atoms with Crippen molar-refractivity contribution in [1.82, 2.24) is 9.97 Å². The average Bonchev–Trinajstić information content (AvgIpc) is 2.32. The molecule has 0 atom stereocenters. The molecule has 1 aromatic heterocycles. The Morgan fingerprint density at radius 3 is 2.71 bits per heavy atom. The van der Waals surface area contributed by atoms with Crippen molar-refractivity contribution in [2.45, 2.75) is 6.92 Å². The van der Waals surface area contributed by atoms with E-state index < -0.39 is 5.82 Å². The summed E-state index contributed by atoms with van der Waals surface area (Å²) in [5, 5.41) is 8.83. The molecule has 0 fully saturated rings. The summed E-state index contributed by atoms with van der Waals surface area (Å²) in [7, 11) is 0. The van der Waals surface area contributed by atoms with Gasteiger partial charge in [0.25, 0.3) is 0 Å². The standard InChI is InChI=1S/C12H7ClFN3/c1-7-16-9(6-15)5-12(17-7)8-2-3-11(14)10(13)4-8/h2-5H,1H3. The Bertz CT molecular complexity index is 620. The topological polar surface area (TPSA) is 49.6 Å². The molecule has 2 aromatic rings. The van der Waals surface area contributed by atoms with E-state index in [9.17, 15) is 4.39 Å². The van der Waals surface area contributed by atoms with Gasteiger partial charge < -0.3 is 0 Å². The molecule has 0 N–H and O–H groups in total. The van der Waals surface area contributed by atoms with Crippen molar-refractivity contribution in [3.8, 4) is 17.3 Å². The second-order valence-corrected chi connectivity index (χ2v) is 3.83. The molecule has 0 aliphatic heterocycles. The lowest BCUT2D eigenvalue weighted by Crippen LogP contribution is -1.94. The van der Waals surface area contributed by atoms with Crippen LogP contribution in [0.15, 0.2) is 24.3 Å². The number of nitrogens with zero attached hydrogens (tertiary/aromatic N) is 3. The first-order chi connectivity index (χ1) is 8.10. The minimum absolute atomic E-state index is 0.0253. The van der Waals surface area contributed by atoms with Gasteiger partial charge in [-0.25, -0.2) is 14.4 Å². The van der Waals surface area contributed by atoms with Crippen LogP contribution < -0.4 is 0 Å². The SMILES string of the molecule is Cc1nc(C#N)cc(-c2ccc(F)c(Cl)c2)n1. The van der Waals surface area contributed by atoms with Crippen LogP contribution in [-0.2, 0) is 0 Å². The minimum Gasteiger partial charge on any atom is -0.233 e. The fourth-order valence-corrected chi connectivity index (χ4v) is 1.61. The Morgan fingerprint density at radius 2 is 2.06 bits per heavy atom. The Morgan fingerprint density at radius 1 is 1.29 bits per heavy atom. The zero-order valence-corrected chi connectivity index (χ0v) is 9.66. The van der Waals surface area contributed by atoms with Gasteiger partial charge in [0.15, 0.2) is 0 Å². The smallest absolute Gasteiger partial charge is 0.144 e. The Labute approximate surface area is 103 Å². The van der Waals surface area contributed by atoms with E-state index in [2.05, 4.69) is 9.97 Å². The van der Waals surface area contributed by atoms with Crippen LogP contribution in [0.25, 0.3) is 11.3 Å². The zero-order chi connectivity index (χ0) is 12.4. The molecule has 2 rings (SSSR count). The quantitative estimate of drug-likeness (QED) is 0.778. The van der Waals surface area contributed by atoms with Gasteiger partial charge in [-0.15, -0.1) is 0 Å². The van der Waals surface area contributed by atoms with Crippen molar-refractivity contribution >= 4 is 11.6 Å². The molecule has 0 aliphatic rings. The van der Waals surface area contributed by atoms with E-state index in [4.69, 9.17) is 16.9 Å². The number of aryl methyl sites for hydroxylation is 1. The largest absolute Gasteiger partial charge is 0.233 e. The third kappa shape index (κ3) is 2.40. The van der Waals surface area contributed by atoms with Crippen molar-refractivity contribution in [3.63, 3.8) is 0 Å². The molecule has 5 heteroatoms. The van der Waals surface area contributed by atoms with Crippen LogP contribution in [0.2, 0.25) is 5.02 Å². The second-order valence-electron chi connectivity index (χ2n) is 3.43. The summed E-state index contributed by atoms with van der Waals surface area (Å²) in [6, 6.07) is 7.78. The number of aromatic nitrogens is 2. The van der Waals surface area contributed by atoms with Crippen molar-refractivity contribution in [2.75, 3.05) is 0 Å². The van der Waals surface area contributed by atoms with Gasteiger partial charge >= 0.3 is 0 Å². The third-order valence-electron chi connectivity index (χ3n) is 2.17. The monoisotopic (exact) mass is 247 g/mol. The summed E-state index contributed by atoms with van der Waals surface area (Å²) in [5.74, 6) is 0.00111. The van der Waals surface area contributed by atoms with E-state index in [0.29, 0.717) is 17.1 Å². The van der Waals surface area contributed by atoms with E-state index in [-0.39, 0.29) is 10.7 Å². The predicted octanol–water partition coefficient (Wildman–Crippen LogP) is 3.12. The lowest BCUT2D eigenvalue weighted by Gasteiger charge is -2.03. The molecule has 0 unspecified atom stereocenters. The van der Waals surface area contributed by atoms with Crippen molar-refractivity contribution in [2.24, 2.45) is 0 Å². The molecular formula is C12H7ClFN3. The first-order valence-corrected chi connectivity index (χ1v) is 5.19. The summed E-state index contributed by atoms with van der Waals surface area (Å²) < 4.78 is 13.0. The van der Waals surface area contributed by atoms with E-state index in [1.54, 1.807) is 13.0 Å². The fraction of sp³-hybridized carbons (Fsp3) is 0.0833. The summed E-state index contributed by atoms with van der Waals surface area (Å²) >= 11 is 5.69. The summed E-state index contributed by atoms with van der Waals surface area (Å²) in [6.07, 6.45) is 0. The summed E-state index contributed by atoms with van der Waals surface area (Å²) in [6.45, 7) is 1.69. The van der Waals surface area contributed by atoms with E-state index in [1.165, 1.54) is 18.2 Å². The average molecular weight is 248 g/mol. The number of benzene rings is 1. The van der Waals surface area contributed by atoms with Crippen molar-refractivity contribution < 1.29 is 4.39 Å². The van der Waals surface area contributed by atoms with Crippen LogP contribution in [0.4, 0.5) is 4.39 Å². The van der Waals surface area contributed by atoms with Gasteiger partial charge in [-0.1, -0.05) is 11.6 Å². The molecule has 84 valence electrons. The maximum Gasteiger partial charge on any atom is 0.144 e. The van der Waals surface area contributed by atoms with E-state index >= 15 is 0 Å². The van der Waals surface area contributed by atoms with Crippen LogP contribution in [0.5, 0.6) is 0 Å². The van der Waals surface area contributed by atoms with Gasteiger partial charge in [0.05, 0.1) is 10.7 Å². The highest BCUT2D eigenvalue weighted by molar-refractivity contribution is 6.31. The fourth-order valence-electron chi connectivity index (χ4n) is 1.43. The van der Waals surface area contributed by atoms with Gasteiger partial charge in [0.2, 0.25) is 0 Å². The maximum atomic E-state index is 13.0. The first-order valence-electron chi connectivity index (χ1n) is 4.81. The van der Waals surface area contributed by atoms with Crippen molar-refractivity contribution in [3.05, 3.63) is 46.6 Å². The van der Waals surface area contributed by atoms with Crippen LogP contribution in [0, 0.1) is 24.1 Å². The van der Waals surface area contributed by atoms with Crippen LogP contribution in [0.1, 0.15) is 11.5 Å². The number of nitriles is 1. The normalized spacial score (nSPS) is 10.0. The Kier molecular flexibility index (Phi) is 3.03. The number of rotatable bonds is 1. The molecule has 0 saturated carbocycles. The van der Waals surface area contributed by atoms with Gasteiger partial charge in [-0.05, 0) is 25.1 Å². The van der Waals surface area contributed by atoms with Gasteiger partial charge in [0.1, 0.15) is 23.4 Å². The summed E-state index contributed by atoms with van der Waals surface area (Å²) in [4.78, 5) is 8.12. The molecule has 1 aromatic carbocycles. The highest BCUT2D eigenvalue weighted by Crippen LogP contribution is 2.23. The third-order valence-corrected chi connectivity index (χ3v) is 2.46. The van der Waals surface area contributed by atoms with Crippen LogP contribution >= 0.6 is 11.6 Å². The minimum atomic E-state index is -0.485. The second kappa shape index (κ2) is 4.48. The lowest BCUT2D eigenvalue weighted by molar-refractivity contribution is 0.628. The Balaban J connectivity index is 2.56. The predicted molar refractivity (Wildman–Crippen MR) is 61.9 cm³/mol. The molecule has 3 nitrogen and oxygen atoms in total. The van der Waals surface area contributed by atoms with E-state index in [1.807, 2.05) is 6.07 Å². The molecule has 0 bridgehead atoms. The molecule has 0 amide bonds. The lowest BCUT2D eigenvalue weighted by atomic mass is 10.1. The highest BCUT2D eigenvalue weighted by Gasteiger charge is 2.07. The van der Waals surface area contributed by atoms with Gasteiger partial charge in [-0.2, -0.15) is 5.26 Å². The number of hydrogen-bond acceptors (Lipinski definition) is 3. The van der Waals surface area contributed by atoms with Gasteiger partial charge in [0, 0.05) is 11.6 Å². The van der Waals surface area contributed by atoms with Gasteiger partial charge in [-0.3, -0.25) is 0 Å². The van der Waals surface area contributed by atoms with Crippen LogP contribution in [-0.4, -0.2) is 9.97 Å². The van der Waals surface area contributed by atoms with Crippen molar-refractivity contribution in [1.29, 1.82) is 5.26 Å². The maximum absolute atomic E-state index is 13.0. The summed E-state index contributed by atoms with van der Waals surface area (Å²) in [5.41, 5.74) is 1.47. The molecule has 17 heavy (non-hydrogen) atoms. The number of halogens is 2. The molecule has 0 saturated heterocycles. The molecule has 0 spiro atoms. The molecule has 0 radical (unpaired) electrons. The molecular weight excluding hydrogens is 241 g/mol. The first kappa shape index (κ1) is 11.5. The molecule has 1 heterocycles. The highest BCUT2D eigenvalue weighted by atomic mass is 35.5. The zero-order valence-electron chi connectivity index (χ0n) is 8.91. The van der Waals surface area contributed by atoms with E-state index in [0.717, 1.165) is 0 Å². The number of hydrogen-bond donors (Lipinski definition) is 0. The van der Waals surface area contributed by atoms with Crippen LogP contribution in [0.3, 0.4) is 0 Å². The molecule has 0 aliphatic carbocycles. The Hall–Kier alpha value is -1.99.